The van der Waals surface area contributed by atoms with E-state index in [1.807, 2.05) is 28.8 Å². The number of rotatable bonds is 10. The van der Waals surface area contributed by atoms with E-state index in [1.54, 1.807) is 50.6 Å². The van der Waals surface area contributed by atoms with Crippen LogP contribution < -0.4 is 14.8 Å². The number of anilines is 1. The average Bonchev–Trinajstić information content (AvgIpc) is 3.29. The zero-order chi connectivity index (χ0) is 23.9. The summed E-state index contributed by atoms with van der Waals surface area (Å²) in [5.41, 5.74) is 2.19. The van der Waals surface area contributed by atoms with Crippen LogP contribution in [0.15, 0.2) is 78.0 Å². The van der Waals surface area contributed by atoms with Crippen LogP contribution in [0, 0.1) is 5.82 Å². The number of nitrogens with zero attached hydrogens (tertiary/aromatic N) is 3. The Morgan fingerprint density at radius 3 is 2.15 bits per heavy atom. The molecule has 0 fully saturated rings. The van der Waals surface area contributed by atoms with Crippen LogP contribution in [0.5, 0.6) is 11.5 Å². The van der Waals surface area contributed by atoms with E-state index in [0.717, 1.165) is 17.1 Å². The molecule has 34 heavy (non-hydrogen) atoms. The number of Topliss-reactive ketones (excluding diaryl/α,β-unsaturated/α-hetero) is 1. The lowest BCUT2D eigenvalue weighted by Crippen LogP contribution is -2.09. The SMILES string of the molecule is COc1ccc(C(=O)CSc2nnc(CNc3ccc(F)cc3)n2-c2ccc(OC)cc2)cc1. The Morgan fingerprint density at radius 1 is 0.912 bits per heavy atom. The van der Waals surface area contributed by atoms with E-state index in [2.05, 4.69) is 15.5 Å². The Kier molecular flexibility index (Phi) is 7.44. The number of ether oxygens (including phenoxy) is 2. The van der Waals surface area contributed by atoms with Crippen LogP contribution in [-0.2, 0) is 6.54 Å². The molecular formula is C25H23FN4O3S. The van der Waals surface area contributed by atoms with E-state index in [1.165, 1.54) is 23.9 Å². The number of aromatic nitrogens is 3. The van der Waals surface area contributed by atoms with Crippen molar-refractivity contribution in [1.82, 2.24) is 14.8 Å². The first kappa shape index (κ1) is 23.3. The fourth-order valence-electron chi connectivity index (χ4n) is 3.24. The summed E-state index contributed by atoms with van der Waals surface area (Å²) < 4.78 is 25.5. The molecule has 0 saturated heterocycles. The van der Waals surface area contributed by atoms with Crippen LogP contribution in [0.3, 0.4) is 0 Å². The van der Waals surface area contributed by atoms with Crippen molar-refractivity contribution in [2.75, 3.05) is 25.3 Å². The van der Waals surface area contributed by atoms with Crippen LogP contribution in [0.2, 0.25) is 0 Å². The lowest BCUT2D eigenvalue weighted by atomic mass is 10.1. The second-order valence-electron chi connectivity index (χ2n) is 7.23. The highest BCUT2D eigenvalue weighted by molar-refractivity contribution is 7.99. The molecular weight excluding hydrogens is 455 g/mol. The quantitative estimate of drug-likeness (QED) is 0.254. The third kappa shape index (κ3) is 5.55. The lowest BCUT2D eigenvalue weighted by Gasteiger charge is -2.12. The van der Waals surface area contributed by atoms with E-state index in [9.17, 15) is 9.18 Å². The van der Waals surface area contributed by atoms with E-state index < -0.39 is 0 Å². The maximum atomic E-state index is 13.2. The molecule has 0 saturated carbocycles. The van der Waals surface area contributed by atoms with E-state index in [-0.39, 0.29) is 17.4 Å². The number of methoxy groups -OCH3 is 2. The number of hydrogen-bond donors (Lipinski definition) is 1. The minimum atomic E-state index is -0.299. The molecule has 9 heteroatoms. The molecule has 4 rings (SSSR count). The number of halogens is 1. The molecule has 0 bridgehead atoms. The molecule has 1 aromatic heterocycles. The van der Waals surface area contributed by atoms with Crippen LogP contribution in [0.1, 0.15) is 16.2 Å². The Labute approximate surface area is 200 Å². The first-order chi connectivity index (χ1) is 16.6. The molecule has 0 atom stereocenters. The largest absolute Gasteiger partial charge is 0.497 e. The smallest absolute Gasteiger partial charge is 0.196 e. The Hall–Kier alpha value is -3.85. The van der Waals surface area contributed by atoms with Gasteiger partial charge in [0.2, 0.25) is 0 Å². The molecule has 0 spiro atoms. The van der Waals surface area contributed by atoms with Gasteiger partial charge in [0.05, 0.1) is 26.5 Å². The van der Waals surface area contributed by atoms with Gasteiger partial charge in [-0.25, -0.2) is 4.39 Å². The number of ketones is 1. The maximum Gasteiger partial charge on any atom is 0.196 e. The molecule has 3 aromatic carbocycles. The summed E-state index contributed by atoms with van der Waals surface area (Å²) in [6.45, 7) is 0.359. The number of carbonyl (C=O) groups is 1. The van der Waals surface area contributed by atoms with Gasteiger partial charge in [-0.1, -0.05) is 11.8 Å². The van der Waals surface area contributed by atoms with Crippen molar-refractivity contribution < 1.29 is 18.7 Å². The fourth-order valence-corrected chi connectivity index (χ4v) is 4.10. The maximum absolute atomic E-state index is 13.2. The van der Waals surface area contributed by atoms with Crippen molar-refractivity contribution in [2.24, 2.45) is 0 Å². The number of benzene rings is 3. The standard InChI is InChI=1S/C25H23FN4O3S/c1-32-21-11-3-17(4-12-21)23(31)16-34-25-29-28-24(15-27-19-7-5-18(26)6-8-19)30(25)20-9-13-22(33-2)14-10-20/h3-14,27H,15-16H2,1-2H3. The van der Waals surface area contributed by atoms with E-state index in [4.69, 9.17) is 9.47 Å². The molecule has 1 heterocycles. The first-order valence-electron chi connectivity index (χ1n) is 10.5. The summed E-state index contributed by atoms with van der Waals surface area (Å²) >= 11 is 1.31. The first-order valence-corrected chi connectivity index (χ1v) is 11.4. The van der Waals surface area contributed by atoms with Gasteiger partial charge < -0.3 is 14.8 Å². The van der Waals surface area contributed by atoms with Crippen molar-refractivity contribution in [3.63, 3.8) is 0 Å². The number of nitrogens with one attached hydrogen (secondary N) is 1. The summed E-state index contributed by atoms with van der Waals surface area (Å²) in [6.07, 6.45) is 0. The Balaban J connectivity index is 1.55. The van der Waals surface area contributed by atoms with Gasteiger partial charge in [-0.15, -0.1) is 10.2 Å². The van der Waals surface area contributed by atoms with Crippen molar-refractivity contribution in [1.29, 1.82) is 0 Å². The van der Waals surface area contributed by atoms with E-state index >= 15 is 0 Å². The predicted octanol–water partition coefficient (Wildman–Crippen LogP) is 5.01. The van der Waals surface area contributed by atoms with Gasteiger partial charge in [-0.3, -0.25) is 9.36 Å². The molecule has 0 radical (unpaired) electrons. The molecule has 0 unspecified atom stereocenters. The minimum Gasteiger partial charge on any atom is -0.497 e. The Bertz CT molecular complexity index is 1240. The zero-order valence-corrected chi connectivity index (χ0v) is 19.5. The normalized spacial score (nSPS) is 10.7. The molecule has 4 aromatic rings. The van der Waals surface area contributed by atoms with Gasteiger partial charge >= 0.3 is 0 Å². The number of hydrogen-bond acceptors (Lipinski definition) is 7. The summed E-state index contributed by atoms with van der Waals surface area (Å²) in [7, 11) is 3.19. The van der Waals surface area contributed by atoms with Crippen LogP contribution >= 0.6 is 11.8 Å². The molecule has 0 amide bonds. The van der Waals surface area contributed by atoms with Crippen molar-refractivity contribution in [2.45, 2.75) is 11.7 Å². The predicted molar refractivity (Wildman–Crippen MR) is 130 cm³/mol. The van der Waals surface area contributed by atoms with Crippen LogP contribution in [0.4, 0.5) is 10.1 Å². The van der Waals surface area contributed by atoms with Crippen LogP contribution in [0.25, 0.3) is 5.69 Å². The fraction of sp³-hybridized carbons (Fsp3) is 0.160. The van der Waals surface area contributed by atoms with Gasteiger partial charge in [-0.2, -0.15) is 0 Å². The average molecular weight is 479 g/mol. The van der Waals surface area contributed by atoms with Gasteiger partial charge in [-0.05, 0) is 72.8 Å². The molecule has 0 aliphatic rings. The number of thioether (sulfide) groups is 1. The number of carbonyl (C=O) groups excluding carboxylic acids is 1. The molecule has 7 nitrogen and oxygen atoms in total. The highest BCUT2D eigenvalue weighted by Gasteiger charge is 2.17. The topological polar surface area (TPSA) is 78.3 Å². The Morgan fingerprint density at radius 2 is 1.53 bits per heavy atom. The van der Waals surface area contributed by atoms with Gasteiger partial charge in [0.1, 0.15) is 17.3 Å². The summed E-state index contributed by atoms with van der Waals surface area (Å²) in [4.78, 5) is 12.7. The second-order valence-corrected chi connectivity index (χ2v) is 8.18. The van der Waals surface area contributed by atoms with Gasteiger partial charge in [0, 0.05) is 16.9 Å². The summed E-state index contributed by atoms with van der Waals surface area (Å²) in [6, 6.07) is 20.6. The molecule has 1 N–H and O–H groups in total. The second kappa shape index (κ2) is 10.8. The highest BCUT2D eigenvalue weighted by Crippen LogP contribution is 2.25. The third-order valence-corrected chi connectivity index (χ3v) is 6.00. The summed E-state index contributed by atoms with van der Waals surface area (Å²) in [5.74, 6) is 1.95. The van der Waals surface area contributed by atoms with Crippen LogP contribution in [-0.4, -0.2) is 40.5 Å². The molecule has 0 aliphatic carbocycles. The molecule has 174 valence electrons. The lowest BCUT2D eigenvalue weighted by molar-refractivity contribution is 0.102. The minimum absolute atomic E-state index is 0.0251. The zero-order valence-electron chi connectivity index (χ0n) is 18.7. The van der Waals surface area contributed by atoms with E-state index in [0.29, 0.717) is 28.8 Å². The monoisotopic (exact) mass is 478 g/mol. The highest BCUT2D eigenvalue weighted by atomic mass is 32.2. The summed E-state index contributed by atoms with van der Waals surface area (Å²) in [5, 5.41) is 12.5. The van der Waals surface area contributed by atoms with Gasteiger partial charge in [0.25, 0.3) is 0 Å². The van der Waals surface area contributed by atoms with Crippen molar-refractivity contribution in [3.8, 4) is 17.2 Å². The van der Waals surface area contributed by atoms with Crippen molar-refractivity contribution >= 4 is 23.2 Å². The van der Waals surface area contributed by atoms with Gasteiger partial charge in [0.15, 0.2) is 16.8 Å². The molecule has 0 aliphatic heterocycles. The van der Waals surface area contributed by atoms with Crippen molar-refractivity contribution in [3.05, 3.63) is 90.0 Å². The third-order valence-electron chi connectivity index (χ3n) is 5.07.